The SMILES string of the molecule is COCCNC(=O)CN1CCN(c2cc(C)nc(C3CCCN3)c2)CC1. The van der Waals surface area contributed by atoms with Crippen molar-refractivity contribution in [1.29, 1.82) is 0 Å². The van der Waals surface area contributed by atoms with E-state index in [4.69, 9.17) is 9.72 Å². The van der Waals surface area contributed by atoms with Crippen LogP contribution in [0, 0.1) is 6.92 Å². The molecule has 2 aliphatic rings. The van der Waals surface area contributed by atoms with E-state index in [1.54, 1.807) is 7.11 Å². The molecule has 1 atom stereocenters. The summed E-state index contributed by atoms with van der Waals surface area (Å²) < 4.78 is 4.96. The average molecular weight is 361 g/mol. The zero-order valence-corrected chi connectivity index (χ0v) is 16.0. The lowest BCUT2D eigenvalue weighted by atomic mass is 10.1. The first-order chi connectivity index (χ1) is 12.7. The van der Waals surface area contributed by atoms with Gasteiger partial charge in [0.25, 0.3) is 0 Å². The molecule has 1 amide bonds. The maximum absolute atomic E-state index is 11.9. The summed E-state index contributed by atoms with van der Waals surface area (Å²) in [7, 11) is 1.64. The molecule has 0 bridgehead atoms. The Kier molecular flexibility index (Phi) is 6.82. The number of carbonyl (C=O) groups excluding carboxylic acids is 1. The molecule has 0 radical (unpaired) electrons. The largest absolute Gasteiger partial charge is 0.383 e. The van der Waals surface area contributed by atoms with Gasteiger partial charge in [0.05, 0.1) is 18.8 Å². The Hall–Kier alpha value is -1.70. The highest BCUT2D eigenvalue weighted by Crippen LogP contribution is 2.26. The van der Waals surface area contributed by atoms with Crippen molar-refractivity contribution in [3.05, 3.63) is 23.5 Å². The average Bonchev–Trinajstić information content (AvgIpc) is 3.17. The van der Waals surface area contributed by atoms with Gasteiger partial charge in [-0.3, -0.25) is 14.7 Å². The maximum atomic E-state index is 11.9. The maximum Gasteiger partial charge on any atom is 0.234 e. The van der Waals surface area contributed by atoms with E-state index in [2.05, 4.69) is 39.5 Å². The minimum atomic E-state index is 0.0739. The van der Waals surface area contributed by atoms with E-state index in [-0.39, 0.29) is 5.91 Å². The Morgan fingerprint density at radius 2 is 2.15 bits per heavy atom. The number of aryl methyl sites for hydroxylation is 1. The molecule has 144 valence electrons. The number of hydrogen-bond donors (Lipinski definition) is 2. The van der Waals surface area contributed by atoms with E-state index in [1.807, 2.05) is 0 Å². The van der Waals surface area contributed by atoms with Crippen molar-refractivity contribution >= 4 is 11.6 Å². The predicted molar refractivity (Wildman–Crippen MR) is 102 cm³/mol. The normalized spacial score (nSPS) is 21.2. The predicted octanol–water partition coefficient (Wildman–Crippen LogP) is 0.699. The van der Waals surface area contributed by atoms with Crippen LogP contribution >= 0.6 is 0 Å². The lowest BCUT2D eigenvalue weighted by Gasteiger charge is -2.36. The topological polar surface area (TPSA) is 69.7 Å². The smallest absolute Gasteiger partial charge is 0.234 e. The fraction of sp³-hybridized carbons (Fsp3) is 0.684. The monoisotopic (exact) mass is 361 g/mol. The van der Waals surface area contributed by atoms with Gasteiger partial charge in [0.15, 0.2) is 0 Å². The number of hydrogen-bond acceptors (Lipinski definition) is 6. The minimum absolute atomic E-state index is 0.0739. The van der Waals surface area contributed by atoms with Crippen LogP contribution in [0.4, 0.5) is 5.69 Å². The molecule has 3 rings (SSSR count). The number of pyridine rings is 1. The Morgan fingerprint density at radius 3 is 2.85 bits per heavy atom. The molecular formula is C19H31N5O2. The summed E-state index contributed by atoms with van der Waals surface area (Å²) in [6, 6.07) is 4.81. The number of piperazine rings is 1. The van der Waals surface area contributed by atoms with Crippen LogP contribution in [0.3, 0.4) is 0 Å². The molecule has 0 spiro atoms. The number of nitrogens with zero attached hydrogens (tertiary/aromatic N) is 3. The fourth-order valence-electron chi connectivity index (χ4n) is 3.69. The van der Waals surface area contributed by atoms with Gasteiger partial charge in [0, 0.05) is 57.3 Å². The van der Waals surface area contributed by atoms with E-state index < -0.39 is 0 Å². The third kappa shape index (κ3) is 5.16. The number of methoxy groups -OCH3 is 1. The Morgan fingerprint density at radius 1 is 1.35 bits per heavy atom. The number of anilines is 1. The van der Waals surface area contributed by atoms with Crippen molar-refractivity contribution in [2.75, 3.05) is 64.4 Å². The summed E-state index contributed by atoms with van der Waals surface area (Å²) in [6.07, 6.45) is 2.39. The van der Waals surface area contributed by atoms with Crippen molar-refractivity contribution in [3.63, 3.8) is 0 Å². The second-order valence-corrected chi connectivity index (χ2v) is 7.15. The number of carbonyl (C=O) groups is 1. The molecule has 7 nitrogen and oxygen atoms in total. The molecule has 0 aromatic carbocycles. The lowest BCUT2D eigenvalue weighted by Crippen LogP contribution is -2.49. The molecule has 0 aliphatic carbocycles. The van der Waals surface area contributed by atoms with Crippen molar-refractivity contribution < 1.29 is 9.53 Å². The first-order valence-corrected chi connectivity index (χ1v) is 9.60. The highest BCUT2D eigenvalue weighted by molar-refractivity contribution is 5.78. The third-order valence-electron chi connectivity index (χ3n) is 5.11. The summed E-state index contributed by atoms with van der Waals surface area (Å²) in [6.45, 7) is 8.42. The van der Waals surface area contributed by atoms with E-state index >= 15 is 0 Å². The molecule has 3 heterocycles. The minimum Gasteiger partial charge on any atom is -0.383 e. The van der Waals surface area contributed by atoms with Gasteiger partial charge in [-0.15, -0.1) is 0 Å². The summed E-state index contributed by atoms with van der Waals surface area (Å²) in [5.41, 5.74) is 3.49. The molecule has 2 fully saturated rings. The second-order valence-electron chi connectivity index (χ2n) is 7.15. The van der Waals surface area contributed by atoms with Gasteiger partial charge in [-0.25, -0.2) is 0 Å². The van der Waals surface area contributed by atoms with Crippen molar-refractivity contribution in [3.8, 4) is 0 Å². The zero-order chi connectivity index (χ0) is 18.4. The van der Waals surface area contributed by atoms with Crippen LogP contribution in [0.25, 0.3) is 0 Å². The van der Waals surface area contributed by atoms with Crippen LogP contribution in [-0.4, -0.2) is 75.3 Å². The standard InChI is InChI=1S/C19H31N5O2/c1-15-12-16(13-18(22-15)17-4-3-5-20-17)24-9-7-23(8-10-24)14-19(25)21-6-11-26-2/h12-13,17,20H,3-11,14H2,1-2H3,(H,21,25). The Balaban J connectivity index is 1.52. The highest BCUT2D eigenvalue weighted by atomic mass is 16.5. The van der Waals surface area contributed by atoms with Crippen LogP contribution in [-0.2, 0) is 9.53 Å². The van der Waals surface area contributed by atoms with Gasteiger partial charge in [-0.1, -0.05) is 0 Å². The molecular weight excluding hydrogens is 330 g/mol. The fourth-order valence-corrected chi connectivity index (χ4v) is 3.69. The van der Waals surface area contributed by atoms with Gasteiger partial charge in [-0.2, -0.15) is 0 Å². The van der Waals surface area contributed by atoms with Crippen molar-refractivity contribution in [1.82, 2.24) is 20.5 Å². The van der Waals surface area contributed by atoms with Crippen LogP contribution in [0.2, 0.25) is 0 Å². The number of amides is 1. The lowest BCUT2D eigenvalue weighted by molar-refractivity contribution is -0.122. The van der Waals surface area contributed by atoms with Gasteiger partial charge in [-0.05, 0) is 38.4 Å². The van der Waals surface area contributed by atoms with Gasteiger partial charge < -0.3 is 20.3 Å². The summed E-state index contributed by atoms with van der Waals surface area (Å²) in [5, 5.41) is 6.42. The van der Waals surface area contributed by atoms with Crippen LogP contribution in [0.1, 0.15) is 30.3 Å². The first-order valence-electron chi connectivity index (χ1n) is 9.60. The third-order valence-corrected chi connectivity index (χ3v) is 5.11. The van der Waals surface area contributed by atoms with Crippen LogP contribution in [0.15, 0.2) is 12.1 Å². The Bertz CT molecular complexity index is 596. The van der Waals surface area contributed by atoms with E-state index in [9.17, 15) is 4.79 Å². The van der Waals surface area contributed by atoms with Gasteiger partial charge in [0.1, 0.15) is 0 Å². The van der Waals surface area contributed by atoms with Crippen LogP contribution < -0.4 is 15.5 Å². The highest BCUT2D eigenvalue weighted by Gasteiger charge is 2.22. The number of rotatable bonds is 7. The Labute approximate surface area is 156 Å². The number of aromatic nitrogens is 1. The molecule has 1 aromatic heterocycles. The second kappa shape index (κ2) is 9.30. The van der Waals surface area contributed by atoms with Gasteiger partial charge >= 0.3 is 0 Å². The molecule has 2 aliphatic heterocycles. The number of nitrogens with one attached hydrogen (secondary N) is 2. The summed E-state index contributed by atoms with van der Waals surface area (Å²) in [5.74, 6) is 0.0739. The molecule has 1 aromatic rings. The molecule has 2 saturated heterocycles. The van der Waals surface area contributed by atoms with Crippen molar-refractivity contribution in [2.24, 2.45) is 0 Å². The molecule has 0 saturated carbocycles. The van der Waals surface area contributed by atoms with Crippen molar-refractivity contribution in [2.45, 2.75) is 25.8 Å². The van der Waals surface area contributed by atoms with Gasteiger partial charge in [0.2, 0.25) is 5.91 Å². The van der Waals surface area contributed by atoms with Crippen LogP contribution in [0.5, 0.6) is 0 Å². The molecule has 2 N–H and O–H groups in total. The first kappa shape index (κ1) is 19.1. The van der Waals surface area contributed by atoms with E-state index in [1.165, 1.54) is 18.5 Å². The molecule has 26 heavy (non-hydrogen) atoms. The van der Waals surface area contributed by atoms with E-state index in [0.717, 1.165) is 44.1 Å². The summed E-state index contributed by atoms with van der Waals surface area (Å²) in [4.78, 5) is 21.3. The van der Waals surface area contributed by atoms with E-state index in [0.29, 0.717) is 25.7 Å². The molecule has 1 unspecified atom stereocenters. The zero-order valence-electron chi connectivity index (χ0n) is 16.0. The number of ether oxygens (including phenoxy) is 1. The summed E-state index contributed by atoms with van der Waals surface area (Å²) >= 11 is 0. The quantitative estimate of drug-likeness (QED) is 0.697. The molecule has 7 heteroatoms.